The Balaban J connectivity index is 0. The van der Waals surface area contributed by atoms with E-state index in [0.29, 0.717) is 0 Å². The number of benzene rings is 1. The number of nitrogens with zero attached hydrogens (tertiary/aromatic N) is 1. The highest BCUT2D eigenvalue weighted by atomic mass is 32.1. The molecule has 0 fully saturated rings. The van der Waals surface area contributed by atoms with Crippen LogP contribution in [0.2, 0.25) is 0 Å². The third kappa shape index (κ3) is 6.46. The number of aliphatic imine (C=N–C) groups is 1. The van der Waals surface area contributed by atoms with Gasteiger partial charge in [-0.25, -0.2) is 4.39 Å². The second-order valence-corrected chi connectivity index (χ2v) is 1.84. The topological polar surface area (TPSA) is 12.4 Å². The summed E-state index contributed by atoms with van der Waals surface area (Å²) in [7, 11) is 0. The predicted octanol–water partition coefficient (Wildman–Crippen LogP) is 4.61. The second-order valence-electron chi connectivity index (χ2n) is 1.65. The van der Waals surface area contributed by atoms with Gasteiger partial charge < -0.3 is 0 Å². The number of hydrogen-bond donors (Lipinski definition) is 0. The summed E-state index contributed by atoms with van der Waals surface area (Å²) in [6.45, 7) is 8.00. The minimum atomic E-state index is -0.375. The normalized spacial score (nSPS) is 6.93. The molecule has 0 unspecified atom stereocenters. The van der Waals surface area contributed by atoms with Crippen LogP contribution in [0.1, 0.15) is 27.7 Å². The van der Waals surface area contributed by atoms with Gasteiger partial charge in [-0.2, -0.15) is 4.99 Å². The molecule has 1 aromatic rings. The lowest BCUT2D eigenvalue weighted by Crippen LogP contribution is -1.71. The third-order valence-corrected chi connectivity index (χ3v) is 1.11. The van der Waals surface area contributed by atoms with E-state index in [-0.39, 0.29) is 11.5 Å². The van der Waals surface area contributed by atoms with E-state index < -0.39 is 0 Å². The summed E-state index contributed by atoms with van der Waals surface area (Å²) in [6.07, 6.45) is 0. The van der Waals surface area contributed by atoms with Gasteiger partial charge in [0, 0.05) is 0 Å². The molecular formula is C11H16FNS. The molecular weight excluding hydrogens is 197 g/mol. The van der Waals surface area contributed by atoms with E-state index >= 15 is 0 Å². The van der Waals surface area contributed by atoms with E-state index in [2.05, 4.69) is 22.4 Å². The summed E-state index contributed by atoms with van der Waals surface area (Å²) in [4.78, 5) is 3.50. The first-order valence-electron chi connectivity index (χ1n) is 4.67. The lowest BCUT2D eigenvalue weighted by Gasteiger charge is -1.89. The molecule has 14 heavy (non-hydrogen) atoms. The van der Waals surface area contributed by atoms with E-state index in [9.17, 15) is 4.39 Å². The van der Waals surface area contributed by atoms with Crippen LogP contribution in [0, 0.1) is 5.82 Å². The fourth-order valence-corrected chi connectivity index (χ4v) is 0.690. The molecule has 0 amide bonds. The molecule has 1 nitrogen and oxygen atoms in total. The third-order valence-electron chi connectivity index (χ3n) is 1.02. The first-order valence-corrected chi connectivity index (χ1v) is 5.08. The number of rotatable bonds is 1. The smallest absolute Gasteiger partial charge is 0.149 e. The molecule has 0 atom stereocenters. The molecule has 3 heteroatoms. The van der Waals surface area contributed by atoms with Gasteiger partial charge in [0.1, 0.15) is 11.5 Å². The van der Waals surface area contributed by atoms with E-state index in [4.69, 9.17) is 0 Å². The molecule has 0 aliphatic rings. The molecule has 0 radical (unpaired) electrons. The molecule has 0 aliphatic heterocycles. The van der Waals surface area contributed by atoms with Crippen molar-refractivity contribution in [1.29, 1.82) is 0 Å². The zero-order chi connectivity index (χ0) is 11.4. The van der Waals surface area contributed by atoms with E-state index in [0.717, 1.165) is 0 Å². The van der Waals surface area contributed by atoms with Gasteiger partial charge in [0.15, 0.2) is 0 Å². The summed E-state index contributed by atoms with van der Waals surface area (Å²) in [5.41, 5.74) is 0.234. The average Bonchev–Trinajstić information content (AvgIpc) is 2.28. The first kappa shape index (κ1) is 15.4. The molecule has 0 saturated carbocycles. The zero-order valence-corrected chi connectivity index (χ0v) is 9.86. The Bertz CT molecular complexity index is 280. The Hall–Kier alpha value is -1.05. The quantitative estimate of drug-likeness (QED) is 0.490. The zero-order valence-electron chi connectivity index (χ0n) is 9.04. The largest absolute Gasteiger partial charge is 0.205 e. The molecule has 78 valence electrons. The maximum absolute atomic E-state index is 12.6. The van der Waals surface area contributed by atoms with Crippen molar-refractivity contribution in [1.82, 2.24) is 0 Å². The van der Waals surface area contributed by atoms with Gasteiger partial charge in [-0.1, -0.05) is 39.8 Å². The van der Waals surface area contributed by atoms with Crippen LogP contribution in [-0.4, -0.2) is 5.16 Å². The van der Waals surface area contributed by atoms with E-state index in [1.165, 1.54) is 12.1 Å². The van der Waals surface area contributed by atoms with Crippen molar-refractivity contribution in [3.63, 3.8) is 0 Å². The number of halogens is 1. The Kier molecular flexibility index (Phi) is 13.2. The summed E-state index contributed by atoms with van der Waals surface area (Å²) >= 11 is 4.31. The van der Waals surface area contributed by atoms with Crippen LogP contribution in [0.25, 0.3) is 0 Å². The minimum absolute atomic E-state index is 0.234. The Morgan fingerprint density at radius 2 is 1.64 bits per heavy atom. The molecule has 0 aliphatic carbocycles. The number of hydrogen-bond acceptors (Lipinski definition) is 2. The monoisotopic (exact) mass is 213 g/mol. The molecule has 0 bridgehead atoms. The highest BCUT2D eigenvalue weighted by Crippen LogP contribution is 2.14. The van der Waals surface area contributed by atoms with Crippen LogP contribution >= 0.6 is 12.2 Å². The molecule has 0 aromatic heterocycles. The SMILES string of the molecule is CC.CC.Fc1ccccc1N=C=S. The Labute approximate surface area is 90.7 Å². The number of thiocarbonyl (C=S) groups is 1. The molecule has 0 N–H and O–H groups in total. The van der Waals surface area contributed by atoms with Gasteiger partial charge in [0.2, 0.25) is 0 Å². The van der Waals surface area contributed by atoms with Crippen molar-refractivity contribution in [2.75, 3.05) is 0 Å². The van der Waals surface area contributed by atoms with Crippen LogP contribution in [0.4, 0.5) is 10.1 Å². The second kappa shape index (κ2) is 11.9. The highest BCUT2D eigenvalue weighted by molar-refractivity contribution is 7.78. The Morgan fingerprint density at radius 1 is 1.14 bits per heavy atom. The van der Waals surface area contributed by atoms with Crippen molar-refractivity contribution >= 4 is 23.1 Å². The van der Waals surface area contributed by atoms with E-state index in [1.807, 2.05) is 27.7 Å². The van der Waals surface area contributed by atoms with Crippen LogP contribution < -0.4 is 0 Å². The lowest BCUT2D eigenvalue weighted by atomic mass is 10.3. The van der Waals surface area contributed by atoms with Gasteiger partial charge in [-0.05, 0) is 24.4 Å². The molecule has 1 rings (SSSR count). The van der Waals surface area contributed by atoms with Crippen LogP contribution in [-0.2, 0) is 0 Å². The summed E-state index contributed by atoms with van der Waals surface area (Å²) in [6, 6.07) is 6.15. The summed E-state index contributed by atoms with van der Waals surface area (Å²) < 4.78 is 12.6. The molecule has 1 aromatic carbocycles. The van der Waals surface area contributed by atoms with Crippen molar-refractivity contribution in [2.45, 2.75) is 27.7 Å². The van der Waals surface area contributed by atoms with Crippen molar-refractivity contribution < 1.29 is 4.39 Å². The van der Waals surface area contributed by atoms with E-state index in [1.54, 1.807) is 12.1 Å². The van der Waals surface area contributed by atoms with Crippen LogP contribution in [0.3, 0.4) is 0 Å². The van der Waals surface area contributed by atoms with Gasteiger partial charge in [-0.15, -0.1) is 0 Å². The maximum Gasteiger partial charge on any atom is 0.149 e. The Morgan fingerprint density at radius 3 is 2.07 bits per heavy atom. The van der Waals surface area contributed by atoms with Crippen molar-refractivity contribution in [2.24, 2.45) is 4.99 Å². The fourth-order valence-electron chi connectivity index (χ4n) is 0.592. The van der Waals surface area contributed by atoms with Gasteiger partial charge in [-0.3, -0.25) is 0 Å². The molecule has 0 spiro atoms. The number of para-hydroxylation sites is 1. The van der Waals surface area contributed by atoms with Crippen LogP contribution in [0.5, 0.6) is 0 Å². The fraction of sp³-hybridized carbons (Fsp3) is 0.364. The lowest BCUT2D eigenvalue weighted by molar-refractivity contribution is 0.630. The average molecular weight is 213 g/mol. The molecule has 0 saturated heterocycles. The maximum atomic E-state index is 12.6. The van der Waals surface area contributed by atoms with Gasteiger partial charge in [0.05, 0.1) is 5.16 Å². The molecule has 0 heterocycles. The minimum Gasteiger partial charge on any atom is -0.205 e. The van der Waals surface area contributed by atoms with Crippen molar-refractivity contribution in [3.8, 4) is 0 Å². The van der Waals surface area contributed by atoms with Gasteiger partial charge in [0.25, 0.3) is 0 Å². The van der Waals surface area contributed by atoms with Crippen molar-refractivity contribution in [3.05, 3.63) is 30.1 Å². The van der Waals surface area contributed by atoms with Crippen LogP contribution in [0.15, 0.2) is 29.3 Å². The summed E-state index contributed by atoms with van der Waals surface area (Å²) in [5, 5.41) is 2.09. The predicted molar refractivity (Wildman–Crippen MR) is 63.8 cm³/mol. The first-order chi connectivity index (χ1) is 6.84. The van der Waals surface area contributed by atoms with Gasteiger partial charge >= 0.3 is 0 Å². The standard InChI is InChI=1S/C7H4FNS.2C2H6/c8-6-3-1-2-4-7(6)9-5-10;2*1-2/h1-4H;2*1-2H3. The number of isothiocyanates is 1. The summed E-state index contributed by atoms with van der Waals surface area (Å²) in [5.74, 6) is -0.375. The highest BCUT2D eigenvalue weighted by Gasteiger charge is 1.94.